The number of nitrogens with zero attached hydrogens (tertiary/aromatic N) is 4. The Bertz CT molecular complexity index is 1140. The third-order valence-electron chi connectivity index (χ3n) is 3.96. The molecule has 0 aliphatic carbocycles. The van der Waals surface area contributed by atoms with Crippen LogP contribution in [-0.2, 0) is 11.2 Å². The first kappa shape index (κ1) is 18.4. The van der Waals surface area contributed by atoms with E-state index in [0.29, 0.717) is 11.5 Å². The quantitative estimate of drug-likeness (QED) is 0.517. The number of aromatic amines is 1. The number of nitrogens with one attached hydrogen (secondary N) is 2. The summed E-state index contributed by atoms with van der Waals surface area (Å²) in [6.45, 7) is 0. The van der Waals surface area contributed by atoms with Crippen LogP contribution in [0.1, 0.15) is 12.3 Å². The van der Waals surface area contributed by atoms with E-state index in [4.69, 9.17) is 4.42 Å². The fourth-order valence-electron chi connectivity index (χ4n) is 2.58. The van der Waals surface area contributed by atoms with Crippen molar-refractivity contribution in [1.82, 2.24) is 25.1 Å². The van der Waals surface area contributed by atoms with Gasteiger partial charge in [-0.1, -0.05) is 6.07 Å². The molecule has 0 saturated carbocycles. The number of carbonyl (C=O) groups is 1. The van der Waals surface area contributed by atoms with Crippen LogP contribution in [0.4, 0.5) is 14.7 Å². The Morgan fingerprint density at radius 1 is 1.17 bits per heavy atom. The molecular weight excluding hydrogens is 382 g/mol. The molecule has 0 fully saturated rings. The van der Waals surface area contributed by atoms with E-state index in [1.165, 1.54) is 12.3 Å². The summed E-state index contributed by atoms with van der Waals surface area (Å²) in [4.78, 5) is 24.4. The molecule has 0 saturated heterocycles. The Labute approximate surface area is 163 Å². The van der Waals surface area contributed by atoms with Gasteiger partial charge in [0.05, 0.1) is 11.8 Å². The first-order valence-electron chi connectivity index (χ1n) is 8.62. The van der Waals surface area contributed by atoms with E-state index in [1.54, 1.807) is 18.3 Å². The second kappa shape index (κ2) is 7.97. The molecule has 8 nitrogen and oxygen atoms in total. The molecule has 0 atom stereocenters. The zero-order chi connectivity index (χ0) is 20.2. The van der Waals surface area contributed by atoms with E-state index < -0.39 is 11.6 Å². The van der Waals surface area contributed by atoms with Gasteiger partial charge in [-0.05, 0) is 24.3 Å². The third-order valence-corrected chi connectivity index (χ3v) is 3.96. The first-order valence-corrected chi connectivity index (χ1v) is 8.62. The lowest BCUT2D eigenvalue weighted by molar-refractivity contribution is -0.116. The largest absolute Gasteiger partial charge is 0.441 e. The second-order valence-corrected chi connectivity index (χ2v) is 6.01. The minimum absolute atomic E-state index is 0.0549. The highest BCUT2D eigenvalue weighted by atomic mass is 19.1. The minimum Gasteiger partial charge on any atom is -0.441 e. The minimum atomic E-state index is -0.751. The molecule has 1 amide bonds. The van der Waals surface area contributed by atoms with Crippen LogP contribution >= 0.6 is 0 Å². The molecule has 0 aliphatic rings. The lowest BCUT2D eigenvalue weighted by Gasteiger charge is -2.00. The molecule has 0 aliphatic heterocycles. The van der Waals surface area contributed by atoms with Gasteiger partial charge in [0, 0.05) is 25.1 Å². The Kier molecular flexibility index (Phi) is 5.06. The van der Waals surface area contributed by atoms with Gasteiger partial charge in [0.1, 0.15) is 17.3 Å². The van der Waals surface area contributed by atoms with Gasteiger partial charge in [0.25, 0.3) is 0 Å². The molecule has 4 aromatic rings. The van der Waals surface area contributed by atoms with Crippen molar-refractivity contribution in [1.29, 1.82) is 0 Å². The number of rotatable bonds is 6. The molecule has 10 heteroatoms. The van der Waals surface area contributed by atoms with Crippen LogP contribution in [-0.4, -0.2) is 31.1 Å². The van der Waals surface area contributed by atoms with Gasteiger partial charge >= 0.3 is 0 Å². The van der Waals surface area contributed by atoms with Crippen molar-refractivity contribution < 1.29 is 18.0 Å². The van der Waals surface area contributed by atoms with Crippen LogP contribution in [0.5, 0.6) is 0 Å². The van der Waals surface area contributed by atoms with E-state index in [1.807, 2.05) is 6.07 Å². The van der Waals surface area contributed by atoms with Crippen LogP contribution in [0.15, 0.2) is 53.2 Å². The maximum atomic E-state index is 13.8. The molecule has 2 N–H and O–H groups in total. The van der Waals surface area contributed by atoms with Gasteiger partial charge in [-0.25, -0.2) is 13.8 Å². The van der Waals surface area contributed by atoms with Gasteiger partial charge in [0.2, 0.25) is 11.9 Å². The van der Waals surface area contributed by atoms with Gasteiger partial charge in [-0.2, -0.15) is 4.98 Å². The summed E-state index contributed by atoms with van der Waals surface area (Å²) in [5.74, 6) is -0.810. The first-order chi connectivity index (χ1) is 14.1. The van der Waals surface area contributed by atoms with Gasteiger partial charge in [-0.3, -0.25) is 20.2 Å². The van der Waals surface area contributed by atoms with Gasteiger partial charge in [0.15, 0.2) is 17.5 Å². The van der Waals surface area contributed by atoms with Crippen molar-refractivity contribution in [3.8, 4) is 22.8 Å². The van der Waals surface area contributed by atoms with Gasteiger partial charge < -0.3 is 4.42 Å². The summed E-state index contributed by atoms with van der Waals surface area (Å²) in [5.41, 5.74) is 0.693. The molecule has 3 aromatic heterocycles. The third kappa shape index (κ3) is 4.32. The highest BCUT2D eigenvalue weighted by molar-refractivity contribution is 5.89. The lowest BCUT2D eigenvalue weighted by Crippen LogP contribution is -2.13. The number of anilines is 1. The molecule has 0 bridgehead atoms. The monoisotopic (exact) mass is 396 g/mol. The SMILES string of the molecule is O=C(CCc1ncc(-c2ccc(F)cc2F)o1)Nc1n[nH]c(-c2ccccn2)n1. The average molecular weight is 396 g/mol. The molecule has 0 spiro atoms. The van der Waals surface area contributed by atoms with E-state index in [2.05, 4.69) is 30.5 Å². The van der Waals surface area contributed by atoms with Crippen molar-refractivity contribution in [3.63, 3.8) is 0 Å². The van der Waals surface area contributed by atoms with Crippen LogP contribution < -0.4 is 5.32 Å². The molecule has 0 radical (unpaired) electrons. The van der Waals surface area contributed by atoms with Crippen molar-refractivity contribution in [2.75, 3.05) is 5.32 Å². The number of oxazole rings is 1. The fourth-order valence-corrected chi connectivity index (χ4v) is 2.58. The van der Waals surface area contributed by atoms with Crippen molar-refractivity contribution in [2.24, 2.45) is 0 Å². The number of aromatic nitrogens is 5. The summed E-state index contributed by atoms with van der Waals surface area (Å²) in [6.07, 6.45) is 3.20. The summed E-state index contributed by atoms with van der Waals surface area (Å²) < 4.78 is 32.3. The number of hydrogen-bond donors (Lipinski definition) is 2. The number of benzene rings is 1. The second-order valence-electron chi connectivity index (χ2n) is 6.01. The molecule has 3 heterocycles. The van der Waals surface area contributed by atoms with Crippen molar-refractivity contribution in [2.45, 2.75) is 12.8 Å². The zero-order valence-electron chi connectivity index (χ0n) is 14.9. The maximum absolute atomic E-state index is 13.8. The Morgan fingerprint density at radius 2 is 2.07 bits per heavy atom. The summed E-state index contributed by atoms with van der Waals surface area (Å²) in [5, 5.41) is 9.19. The number of hydrogen-bond acceptors (Lipinski definition) is 6. The van der Waals surface area contributed by atoms with Crippen molar-refractivity contribution >= 4 is 11.9 Å². The van der Waals surface area contributed by atoms with E-state index >= 15 is 0 Å². The molecule has 146 valence electrons. The lowest BCUT2D eigenvalue weighted by atomic mass is 10.2. The predicted molar refractivity (Wildman–Crippen MR) is 98.4 cm³/mol. The van der Waals surface area contributed by atoms with Crippen LogP contribution in [0.25, 0.3) is 22.8 Å². The highest BCUT2D eigenvalue weighted by Crippen LogP contribution is 2.24. The van der Waals surface area contributed by atoms with Crippen LogP contribution in [0, 0.1) is 11.6 Å². The molecule has 4 rings (SSSR count). The summed E-state index contributed by atoms with van der Waals surface area (Å²) >= 11 is 0. The normalized spacial score (nSPS) is 10.8. The van der Waals surface area contributed by atoms with Crippen LogP contribution in [0.2, 0.25) is 0 Å². The Hall–Kier alpha value is -3.95. The highest BCUT2D eigenvalue weighted by Gasteiger charge is 2.14. The number of aryl methyl sites for hydroxylation is 1. The number of H-pyrrole nitrogens is 1. The number of pyridine rings is 1. The number of amides is 1. The average Bonchev–Trinajstić information content (AvgIpc) is 3.37. The molecule has 1 aromatic carbocycles. The molecule has 0 unspecified atom stereocenters. The van der Waals surface area contributed by atoms with E-state index in [-0.39, 0.29) is 41.9 Å². The summed E-state index contributed by atoms with van der Waals surface area (Å²) in [7, 11) is 0. The smallest absolute Gasteiger partial charge is 0.249 e. The topological polar surface area (TPSA) is 110 Å². The standard InChI is InChI=1S/C19H14F2N6O2/c20-11-4-5-12(13(21)9-11)15-10-23-17(29-15)7-6-16(28)24-19-25-18(26-27-19)14-3-1-2-8-22-14/h1-5,8-10H,6-7H2,(H2,24,25,26,27,28). The number of carbonyl (C=O) groups excluding carboxylic acids is 1. The summed E-state index contributed by atoms with van der Waals surface area (Å²) in [6, 6.07) is 8.51. The van der Waals surface area contributed by atoms with Crippen LogP contribution in [0.3, 0.4) is 0 Å². The fraction of sp³-hybridized carbons (Fsp3) is 0.105. The predicted octanol–water partition coefficient (Wildman–Crippen LogP) is 3.37. The van der Waals surface area contributed by atoms with Crippen molar-refractivity contribution in [3.05, 3.63) is 66.3 Å². The molecule has 29 heavy (non-hydrogen) atoms. The Balaban J connectivity index is 1.35. The zero-order valence-corrected chi connectivity index (χ0v) is 14.9. The van der Waals surface area contributed by atoms with E-state index in [9.17, 15) is 13.6 Å². The molecular formula is C19H14F2N6O2. The number of halogens is 2. The Morgan fingerprint density at radius 3 is 2.86 bits per heavy atom. The van der Waals surface area contributed by atoms with E-state index in [0.717, 1.165) is 12.1 Å². The maximum Gasteiger partial charge on any atom is 0.249 e. The van der Waals surface area contributed by atoms with Gasteiger partial charge in [-0.15, -0.1) is 5.10 Å².